The summed E-state index contributed by atoms with van der Waals surface area (Å²) in [5.74, 6) is -114. The summed E-state index contributed by atoms with van der Waals surface area (Å²) < 4.78 is 399. The summed E-state index contributed by atoms with van der Waals surface area (Å²) in [6, 6.07) is 0. The molecule has 0 bridgehead atoms. The molecular formula is C14H2F28O3S. The van der Waals surface area contributed by atoms with E-state index in [-0.39, 0.29) is 0 Å². The molecule has 0 fully saturated rings. The van der Waals surface area contributed by atoms with Gasteiger partial charge in [-0.15, -0.1) is 0 Å². The highest BCUT2D eigenvalue weighted by molar-refractivity contribution is 7.87. The van der Waals surface area contributed by atoms with Crippen molar-refractivity contribution in [3.05, 3.63) is 0 Å². The molecule has 0 rings (SSSR count). The van der Waals surface area contributed by atoms with E-state index in [4.69, 9.17) is 4.55 Å². The molecule has 32 heteroatoms. The van der Waals surface area contributed by atoms with Crippen LogP contribution in [-0.2, 0) is 10.1 Å². The van der Waals surface area contributed by atoms with E-state index in [9.17, 15) is 131 Å². The second kappa shape index (κ2) is 10.5. The van der Waals surface area contributed by atoms with E-state index in [1.165, 1.54) is 0 Å². The van der Waals surface area contributed by atoms with Gasteiger partial charge in [0, 0.05) is 0 Å². The average Bonchev–Trinajstić information content (AvgIpc) is 2.81. The zero-order valence-electron chi connectivity index (χ0n) is 19.3. The molecule has 0 atom stereocenters. The summed E-state index contributed by atoms with van der Waals surface area (Å²) in [5, 5.41) is -8.31. The van der Waals surface area contributed by atoms with Crippen LogP contribution in [0.5, 0.6) is 0 Å². The molecule has 0 spiro atoms. The standard InChI is InChI=1S/C14H2F28O3S/c15-1(16)2(17,18)3(19,20)4(21,22)5(23,24)6(25,26)7(27,28)8(29,30)9(31,32)10(33,34)11(35,36)12(37,38)13(39,40)14(41,42)46(43,44)45/h1H,(H,43,44,45). The fourth-order valence-corrected chi connectivity index (χ4v) is 2.92. The van der Waals surface area contributed by atoms with Gasteiger partial charge in [0.15, 0.2) is 0 Å². The van der Waals surface area contributed by atoms with Gasteiger partial charge in [-0.05, 0) is 0 Å². The topological polar surface area (TPSA) is 54.4 Å². The number of rotatable bonds is 14. The van der Waals surface area contributed by atoms with Gasteiger partial charge in [-0.3, -0.25) is 4.55 Å². The van der Waals surface area contributed by atoms with Gasteiger partial charge >= 0.3 is 92.9 Å². The summed E-state index contributed by atoms with van der Waals surface area (Å²) in [7, 11) is -8.33. The van der Waals surface area contributed by atoms with Gasteiger partial charge in [0.25, 0.3) is 0 Å². The molecule has 0 saturated heterocycles. The summed E-state index contributed by atoms with van der Waals surface area (Å²) in [6.45, 7) is 0. The molecule has 0 aliphatic carbocycles. The van der Waals surface area contributed by atoms with E-state index in [0.29, 0.717) is 0 Å². The summed E-state index contributed by atoms with van der Waals surface area (Å²) >= 11 is 0. The van der Waals surface area contributed by atoms with Crippen molar-refractivity contribution in [2.45, 2.75) is 82.8 Å². The van der Waals surface area contributed by atoms with Gasteiger partial charge < -0.3 is 0 Å². The fourth-order valence-electron chi connectivity index (χ4n) is 2.47. The Kier molecular flexibility index (Phi) is 10.0. The lowest BCUT2D eigenvalue weighted by atomic mass is 9.84. The molecular weight excluding hydrogens is 780 g/mol. The largest absolute Gasteiger partial charge is 0.438 e. The minimum atomic E-state index is -9.98. The number of hydrogen-bond donors (Lipinski definition) is 1. The molecule has 0 radical (unpaired) electrons. The first-order valence-corrected chi connectivity index (χ1v) is 10.8. The highest BCUT2D eigenvalue weighted by Crippen LogP contribution is 2.68. The van der Waals surface area contributed by atoms with E-state index in [1.54, 1.807) is 0 Å². The van der Waals surface area contributed by atoms with Crippen LogP contribution in [0.2, 0.25) is 0 Å². The molecule has 1 N–H and O–H groups in total. The van der Waals surface area contributed by atoms with Crippen molar-refractivity contribution >= 4 is 10.1 Å². The molecule has 3 nitrogen and oxygen atoms in total. The van der Waals surface area contributed by atoms with Gasteiger partial charge in [-0.25, -0.2) is 8.78 Å². The van der Waals surface area contributed by atoms with Gasteiger partial charge in [0.05, 0.1) is 0 Å². The molecule has 278 valence electrons. The second-order valence-corrected chi connectivity index (χ2v) is 9.70. The van der Waals surface area contributed by atoms with E-state index in [0.717, 1.165) is 0 Å². The Labute approximate surface area is 230 Å². The van der Waals surface area contributed by atoms with Crippen LogP contribution in [0.3, 0.4) is 0 Å². The van der Waals surface area contributed by atoms with Crippen LogP contribution < -0.4 is 0 Å². The lowest BCUT2D eigenvalue weighted by Crippen LogP contribution is -2.79. The Morgan fingerprint density at radius 1 is 0.326 bits per heavy atom. The van der Waals surface area contributed by atoms with Crippen molar-refractivity contribution in [1.82, 2.24) is 0 Å². The smallest absolute Gasteiger partial charge is 0.281 e. The molecule has 0 aromatic carbocycles. The first-order valence-electron chi connectivity index (χ1n) is 9.36. The van der Waals surface area contributed by atoms with Gasteiger partial charge in [0.1, 0.15) is 0 Å². The summed E-state index contributed by atoms with van der Waals surface area (Å²) in [4.78, 5) is 0. The van der Waals surface area contributed by atoms with E-state index >= 15 is 0 Å². The minimum Gasteiger partial charge on any atom is -0.281 e. The summed E-state index contributed by atoms with van der Waals surface area (Å²) in [6.07, 6.45) is -6.42. The normalized spacial score (nSPS) is 17.2. The number of halogens is 28. The Hall–Kier alpha value is -2.05. The van der Waals surface area contributed by atoms with E-state index in [2.05, 4.69) is 0 Å². The van der Waals surface area contributed by atoms with Crippen molar-refractivity contribution in [2.75, 3.05) is 0 Å². The zero-order valence-corrected chi connectivity index (χ0v) is 20.1. The predicted molar refractivity (Wildman–Crippen MR) is 81.9 cm³/mol. The van der Waals surface area contributed by atoms with Crippen LogP contribution in [-0.4, -0.2) is 95.7 Å². The van der Waals surface area contributed by atoms with Gasteiger partial charge in [-0.1, -0.05) is 0 Å². The molecule has 0 heterocycles. The van der Waals surface area contributed by atoms with Crippen LogP contribution in [0.1, 0.15) is 0 Å². The Balaban J connectivity index is 7.60. The number of hydrogen-bond acceptors (Lipinski definition) is 2. The third-order valence-corrected chi connectivity index (χ3v) is 6.23. The molecule has 0 amide bonds. The molecule has 0 aromatic rings. The van der Waals surface area contributed by atoms with Crippen molar-refractivity contribution in [3.63, 3.8) is 0 Å². The molecule has 0 aromatic heterocycles. The predicted octanol–water partition coefficient (Wildman–Crippen LogP) is 8.36. The van der Waals surface area contributed by atoms with Crippen molar-refractivity contribution < 1.29 is 136 Å². The van der Waals surface area contributed by atoms with Crippen LogP contribution in [0.25, 0.3) is 0 Å². The average molecular weight is 782 g/mol. The lowest BCUT2D eigenvalue weighted by molar-refractivity contribution is -0.482. The monoisotopic (exact) mass is 782 g/mol. The van der Waals surface area contributed by atoms with Crippen LogP contribution >= 0.6 is 0 Å². The Bertz CT molecular complexity index is 1250. The second-order valence-electron chi connectivity index (χ2n) is 8.23. The van der Waals surface area contributed by atoms with Crippen molar-refractivity contribution in [2.24, 2.45) is 0 Å². The third-order valence-electron chi connectivity index (χ3n) is 5.33. The van der Waals surface area contributed by atoms with Crippen LogP contribution in [0.15, 0.2) is 0 Å². The highest BCUT2D eigenvalue weighted by Gasteiger charge is 3.00. The van der Waals surface area contributed by atoms with E-state index in [1.807, 2.05) is 0 Å². The minimum absolute atomic E-state index is 6.42. The SMILES string of the molecule is O=S(=O)(O)C(F)(F)C(F)(F)C(F)(F)C(F)(F)C(F)(F)C(F)(F)C(F)(F)C(F)(F)C(F)(F)C(F)(F)C(F)(F)C(F)(F)C(F)(F)C(F)F. The maximum absolute atomic E-state index is 13.6. The first-order chi connectivity index (χ1) is 19.2. The number of alkyl halides is 28. The molecule has 0 aliphatic rings. The van der Waals surface area contributed by atoms with Crippen molar-refractivity contribution in [1.29, 1.82) is 0 Å². The van der Waals surface area contributed by atoms with E-state index < -0.39 is 92.9 Å². The summed E-state index contributed by atoms with van der Waals surface area (Å²) in [5.41, 5.74) is 0. The van der Waals surface area contributed by atoms with Gasteiger partial charge in [0.2, 0.25) is 0 Å². The lowest BCUT2D eigenvalue weighted by Gasteiger charge is -2.46. The molecule has 0 saturated carbocycles. The molecule has 0 aliphatic heterocycles. The van der Waals surface area contributed by atoms with Crippen LogP contribution in [0, 0.1) is 0 Å². The maximum atomic E-state index is 13.6. The first kappa shape index (κ1) is 43.9. The third kappa shape index (κ3) is 4.81. The van der Waals surface area contributed by atoms with Gasteiger partial charge in [-0.2, -0.15) is 123 Å². The quantitative estimate of drug-likeness (QED) is 0.143. The molecule has 0 unspecified atom stereocenters. The maximum Gasteiger partial charge on any atom is 0.438 e. The fraction of sp³-hybridized carbons (Fsp3) is 1.00. The van der Waals surface area contributed by atoms with Crippen LogP contribution in [0.4, 0.5) is 123 Å². The van der Waals surface area contributed by atoms with Crippen molar-refractivity contribution in [3.8, 4) is 0 Å². The zero-order chi connectivity index (χ0) is 38.6. The highest BCUT2D eigenvalue weighted by atomic mass is 32.2. The Morgan fingerprint density at radius 2 is 0.478 bits per heavy atom. The molecule has 46 heavy (non-hydrogen) atoms. The Morgan fingerprint density at radius 3 is 0.630 bits per heavy atom.